The molecule has 0 bridgehead atoms. The van der Waals surface area contributed by atoms with Crippen molar-refractivity contribution in [3.8, 4) is 0 Å². The van der Waals surface area contributed by atoms with Crippen LogP contribution in [0.15, 0.2) is 30.5 Å². The fraction of sp³-hybridized carbons (Fsp3) is 0.214. The van der Waals surface area contributed by atoms with Gasteiger partial charge in [-0.25, -0.2) is 0 Å². The average Bonchev–Trinajstić information content (AvgIpc) is 2.51. The Morgan fingerprint density at radius 2 is 2.05 bits per heavy atom. The van der Waals surface area contributed by atoms with Crippen molar-refractivity contribution in [2.45, 2.75) is 6.92 Å². The van der Waals surface area contributed by atoms with E-state index >= 15 is 0 Å². The first kappa shape index (κ1) is 17.0. The van der Waals surface area contributed by atoms with Crippen LogP contribution < -0.4 is 16.0 Å². The summed E-state index contributed by atoms with van der Waals surface area (Å²) < 4.78 is 0. The first-order chi connectivity index (χ1) is 10.5. The van der Waals surface area contributed by atoms with Crippen LogP contribution in [-0.2, 0) is 19.2 Å². The van der Waals surface area contributed by atoms with Crippen LogP contribution in [0.1, 0.15) is 12.6 Å². The van der Waals surface area contributed by atoms with Crippen molar-refractivity contribution in [1.29, 1.82) is 0 Å². The molecule has 0 aliphatic rings. The lowest BCUT2D eigenvalue weighted by Crippen LogP contribution is -2.35. The van der Waals surface area contributed by atoms with Crippen LogP contribution in [0.4, 0.5) is 0 Å². The second kappa shape index (κ2) is 9.01. The van der Waals surface area contributed by atoms with E-state index in [9.17, 15) is 19.2 Å². The van der Waals surface area contributed by atoms with Crippen LogP contribution in [0.25, 0.3) is 5.70 Å². The van der Waals surface area contributed by atoms with Gasteiger partial charge < -0.3 is 16.0 Å². The van der Waals surface area contributed by atoms with E-state index < -0.39 is 11.8 Å². The normalized spacial score (nSPS) is 10.5. The molecule has 1 aromatic rings. The van der Waals surface area contributed by atoms with Crippen molar-refractivity contribution in [2.24, 2.45) is 0 Å². The highest BCUT2D eigenvalue weighted by Gasteiger charge is 2.10. The second-order valence-electron chi connectivity index (χ2n) is 4.09. The molecule has 3 N–H and O–H groups in total. The minimum atomic E-state index is -0.580. The van der Waals surface area contributed by atoms with E-state index in [2.05, 4.69) is 20.9 Å². The Morgan fingerprint density at radius 3 is 2.64 bits per heavy atom. The zero-order chi connectivity index (χ0) is 16.4. The molecule has 0 unspecified atom stereocenters. The van der Waals surface area contributed by atoms with E-state index in [1.54, 1.807) is 18.2 Å². The maximum Gasteiger partial charge on any atom is 0.246 e. The molecule has 22 heavy (non-hydrogen) atoms. The Kier molecular flexibility index (Phi) is 6.97. The number of hydrogen-bond donors (Lipinski definition) is 3. The molecule has 1 aromatic heterocycles. The highest BCUT2D eigenvalue weighted by Crippen LogP contribution is 2.07. The maximum absolute atomic E-state index is 11.7. The number of nitrogens with one attached hydrogen (secondary N) is 3. The topological polar surface area (TPSA) is 117 Å². The average molecular weight is 303 g/mol. The number of rotatable bonds is 7. The minimum Gasteiger partial charge on any atom is -0.347 e. The molecule has 3 amide bonds. The van der Waals surface area contributed by atoms with Gasteiger partial charge in [-0.15, -0.1) is 0 Å². The monoisotopic (exact) mass is 303 g/mol. The number of hydrogen-bond acceptors (Lipinski definition) is 5. The standard InChI is InChI=1S/C14H15N4O4/c1-10(20)17-9-14(22)18-12(8-13(21)16-6-7-19)11-4-2-3-5-15-11/h2-5,8H,6,9H2,1H3,(H,16,21)(H,17,20)(H,18,22). The van der Waals surface area contributed by atoms with E-state index in [1.165, 1.54) is 19.4 Å². The first-order valence-corrected chi connectivity index (χ1v) is 6.33. The van der Waals surface area contributed by atoms with Crippen LogP contribution in [0.5, 0.6) is 0 Å². The fourth-order valence-corrected chi connectivity index (χ4v) is 1.40. The van der Waals surface area contributed by atoms with E-state index in [1.807, 2.05) is 0 Å². The quantitative estimate of drug-likeness (QED) is 0.553. The summed E-state index contributed by atoms with van der Waals surface area (Å²) in [7, 11) is 0. The molecule has 0 saturated carbocycles. The summed E-state index contributed by atoms with van der Waals surface area (Å²) in [6, 6.07) is 4.97. The molecule has 0 fully saturated rings. The summed E-state index contributed by atoms with van der Waals surface area (Å²) in [5.74, 6) is -1.44. The lowest BCUT2D eigenvalue weighted by Gasteiger charge is -2.09. The molecule has 0 aliphatic heterocycles. The molecule has 8 nitrogen and oxygen atoms in total. The van der Waals surface area contributed by atoms with Crippen LogP contribution in [-0.4, -0.2) is 42.1 Å². The number of aromatic nitrogens is 1. The molecular formula is C14H15N4O4. The van der Waals surface area contributed by atoms with Gasteiger partial charge in [-0.3, -0.25) is 24.2 Å². The third kappa shape index (κ3) is 6.42. The van der Waals surface area contributed by atoms with Crippen LogP contribution in [0.3, 0.4) is 0 Å². The second-order valence-corrected chi connectivity index (χ2v) is 4.09. The van der Waals surface area contributed by atoms with E-state index in [4.69, 9.17) is 0 Å². The van der Waals surface area contributed by atoms with E-state index in [-0.39, 0.29) is 24.7 Å². The van der Waals surface area contributed by atoms with Crippen molar-refractivity contribution >= 4 is 29.7 Å². The van der Waals surface area contributed by atoms with Gasteiger partial charge in [0.1, 0.15) is 0 Å². The zero-order valence-corrected chi connectivity index (χ0v) is 11.9. The summed E-state index contributed by atoms with van der Waals surface area (Å²) in [6.45, 7) is 0.792. The Morgan fingerprint density at radius 1 is 1.27 bits per heavy atom. The number of amides is 3. The molecule has 0 atom stereocenters. The Hall–Kier alpha value is -3.03. The minimum absolute atomic E-state index is 0.152. The smallest absolute Gasteiger partial charge is 0.246 e. The summed E-state index contributed by atoms with van der Waals surface area (Å²) in [5, 5.41) is 7.09. The summed E-state index contributed by atoms with van der Waals surface area (Å²) >= 11 is 0. The fourth-order valence-electron chi connectivity index (χ4n) is 1.40. The van der Waals surface area contributed by atoms with Crippen LogP contribution in [0, 0.1) is 0 Å². The van der Waals surface area contributed by atoms with Crippen LogP contribution in [0.2, 0.25) is 0 Å². The van der Waals surface area contributed by atoms with Gasteiger partial charge in [0.25, 0.3) is 0 Å². The van der Waals surface area contributed by atoms with Crippen molar-refractivity contribution in [1.82, 2.24) is 20.9 Å². The van der Waals surface area contributed by atoms with Gasteiger partial charge in [0.15, 0.2) is 0 Å². The Labute approximate surface area is 127 Å². The van der Waals surface area contributed by atoms with Crippen molar-refractivity contribution in [3.05, 3.63) is 36.2 Å². The lowest BCUT2D eigenvalue weighted by atomic mass is 10.2. The summed E-state index contributed by atoms with van der Waals surface area (Å²) in [4.78, 5) is 48.3. The number of carbonyl (C=O) groups is 3. The molecule has 115 valence electrons. The number of nitrogens with zero attached hydrogens (tertiary/aromatic N) is 1. The van der Waals surface area contributed by atoms with Gasteiger partial charge in [0.05, 0.1) is 24.5 Å². The molecule has 0 spiro atoms. The SMILES string of the molecule is CC(=O)NCC(=O)NC(=CC(=O)NC[C]=O)c1ccccn1. The lowest BCUT2D eigenvalue weighted by molar-refractivity contribution is -0.124. The van der Waals surface area contributed by atoms with Gasteiger partial charge >= 0.3 is 0 Å². The molecule has 1 heterocycles. The molecule has 0 saturated heterocycles. The molecular weight excluding hydrogens is 288 g/mol. The predicted octanol–water partition coefficient (Wildman–Crippen LogP) is -1.10. The van der Waals surface area contributed by atoms with E-state index in [0.29, 0.717) is 5.69 Å². The molecule has 1 rings (SSSR count). The molecule has 0 aliphatic carbocycles. The highest BCUT2D eigenvalue weighted by molar-refractivity contribution is 5.99. The summed E-state index contributed by atoms with van der Waals surface area (Å²) in [6.07, 6.45) is 4.13. The number of carbonyl (C=O) groups excluding carboxylic acids is 4. The third-order valence-corrected chi connectivity index (χ3v) is 2.32. The van der Waals surface area contributed by atoms with Gasteiger partial charge in [0, 0.05) is 19.2 Å². The van der Waals surface area contributed by atoms with Gasteiger partial charge in [0.2, 0.25) is 24.0 Å². The zero-order valence-electron chi connectivity index (χ0n) is 11.9. The van der Waals surface area contributed by atoms with Crippen molar-refractivity contribution in [2.75, 3.05) is 13.1 Å². The van der Waals surface area contributed by atoms with E-state index in [0.717, 1.165) is 6.08 Å². The predicted molar refractivity (Wildman–Crippen MR) is 77.7 cm³/mol. The van der Waals surface area contributed by atoms with Gasteiger partial charge in [-0.2, -0.15) is 0 Å². The van der Waals surface area contributed by atoms with Crippen LogP contribution >= 0.6 is 0 Å². The van der Waals surface area contributed by atoms with Gasteiger partial charge in [-0.1, -0.05) is 6.07 Å². The van der Waals surface area contributed by atoms with Crippen molar-refractivity contribution < 1.29 is 19.2 Å². The molecule has 0 aromatic carbocycles. The first-order valence-electron chi connectivity index (χ1n) is 6.33. The summed E-state index contributed by atoms with van der Waals surface area (Å²) in [5.41, 5.74) is 0.517. The molecule has 1 radical (unpaired) electrons. The van der Waals surface area contributed by atoms with Crippen molar-refractivity contribution in [3.63, 3.8) is 0 Å². The third-order valence-electron chi connectivity index (χ3n) is 2.32. The molecule has 8 heteroatoms. The van der Waals surface area contributed by atoms with Gasteiger partial charge in [-0.05, 0) is 12.1 Å². The number of pyridine rings is 1. The maximum atomic E-state index is 11.7. The Balaban J connectivity index is 2.85. The largest absolute Gasteiger partial charge is 0.347 e. The Bertz CT molecular complexity index is 584. The highest BCUT2D eigenvalue weighted by atomic mass is 16.2.